The fourth-order valence-corrected chi connectivity index (χ4v) is 2.84. The predicted molar refractivity (Wildman–Crippen MR) is 145 cm³/mol. The number of ether oxygens (including phenoxy) is 10. The van der Waals surface area contributed by atoms with Gasteiger partial charge in [-0.25, -0.2) is 0 Å². The minimum Gasteiger partial charge on any atom is -0.491 e. The fourth-order valence-electron chi connectivity index (χ4n) is 2.84. The normalized spacial score (nSPS) is 11.1. The first-order valence-corrected chi connectivity index (χ1v) is 13.3. The quantitative estimate of drug-likeness (QED) is 0.144. The molecular weight excluding hydrogens is 514 g/mol. The molecule has 0 saturated heterocycles. The second-order valence-electron chi connectivity index (χ2n) is 7.95. The number of methoxy groups -OCH3 is 1. The van der Waals surface area contributed by atoms with E-state index in [1.54, 1.807) is 31.4 Å². The molecule has 12 heteroatoms. The molecule has 226 valence electrons. The molecule has 1 rings (SSSR count). The molecule has 0 heterocycles. The Bertz CT molecular complexity index is 664. The van der Waals surface area contributed by atoms with E-state index in [9.17, 15) is 4.79 Å². The molecular formula is C27H47NO11. The minimum absolute atomic E-state index is 0.106. The first-order chi connectivity index (χ1) is 19.2. The van der Waals surface area contributed by atoms with E-state index in [1.807, 2.05) is 0 Å². The largest absolute Gasteiger partial charge is 0.491 e. The Morgan fingerprint density at radius 3 is 1.13 bits per heavy atom. The molecule has 0 radical (unpaired) electrons. The summed E-state index contributed by atoms with van der Waals surface area (Å²) in [5, 5.41) is 2.71. The van der Waals surface area contributed by atoms with Gasteiger partial charge in [0, 0.05) is 19.7 Å². The molecule has 12 nitrogen and oxygen atoms in total. The van der Waals surface area contributed by atoms with Crippen molar-refractivity contribution < 1.29 is 52.2 Å². The van der Waals surface area contributed by atoms with Crippen LogP contribution in [0.15, 0.2) is 24.3 Å². The SMILES string of the molecule is COCCOCCOCCOCCOCCOCCOCCOCCOCCOc1ccc(NC(C)=O)cc1. The topological polar surface area (TPSA) is 121 Å². The van der Waals surface area contributed by atoms with E-state index in [2.05, 4.69) is 5.32 Å². The zero-order valence-electron chi connectivity index (χ0n) is 23.5. The summed E-state index contributed by atoms with van der Waals surface area (Å²) in [7, 11) is 1.64. The lowest BCUT2D eigenvalue weighted by Crippen LogP contribution is -2.15. The van der Waals surface area contributed by atoms with Crippen LogP contribution in [0.2, 0.25) is 0 Å². The number of nitrogens with one attached hydrogen (secondary N) is 1. The highest BCUT2D eigenvalue weighted by atomic mass is 16.6. The third kappa shape index (κ3) is 24.9. The van der Waals surface area contributed by atoms with Crippen LogP contribution in [0.5, 0.6) is 5.75 Å². The highest BCUT2D eigenvalue weighted by Crippen LogP contribution is 2.15. The summed E-state index contributed by atoms with van der Waals surface area (Å²) in [6, 6.07) is 7.18. The zero-order chi connectivity index (χ0) is 28.1. The van der Waals surface area contributed by atoms with Gasteiger partial charge in [-0.15, -0.1) is 0 Å². The van der Waals surface area contributed by atoms with Crippen molar-refractivity contribution in [3.63, 3.8) is 0 Å². The molecule has 0 aliphatic heterocycles. The third-order valence-electron chi connectivity index (χ3n) is 4.71. The van der Waals surface area contributed by atoms with Crippen LogP contribution in [0.25, 0.3) is 0 Å². The molecule has 39 heavy (non-hydrogen) atoms. The average molecular weight is 562 g/mol. The number of carbonyl (C=O) groups is 1. The van der Waals surface area contributed by atoms with Crippen LogP contribution in [-0.2, 0) is 47.4 Å². The summed E-state index contributed by atoms with van der Waals surface area (Å²) in [6.07, 6.45) is 0. The van der Waals surface area contributed by atoms with Gasteiger partial charge in [0.15, 0.2) is 0 Å². The van der Waals surface area contributed by atoms with Gasteiger partial charge in [-0.1, -0.05) is 0 Å². The molecule has 1 amide bonds. The molecule has 0 aliphatic carbocycles. The molecule has 0 saturated carbocycles. The van der Waals surface area contributed by atoms with Gasteiger partial charge in [0.25, 0.3) is 0 Å². The highest BCUT2D eigenvalue weighted by molar-refractivity contribution is 5.88. The number of anilines is 1. The van der Waals surface area contributed by atoms with E-state index in [1.165, 1.54) is 6.92 Å². The third-order valence-corrected chi connectivity index (χ3v) is 4.71. The van der Waals surface area contributed by atoms with Crippen molar-refractivity contribution in [2.75, 3.05) is 131 Å². The molecule has 1 aromatic rings. The second kappa shape index (κ2) is 27.7. The molecule has 0 bridgehead atoms. The Balaban J connectivity index is 1.70. The van der Waals surface area contributed by atoms with Gasteiger partial charge < -0.3 is 52.7 Å². The van der Waals surface area contributed by atoms with Crippen molar-refractivity contribution in [2.45, 2.75) is 6.92 Å². The predicted octanol–water partition coefficient (Wildman–Crippen LogP) is 1.80. The summed E-state index contributed by atoms with van der Waals surface area (Å²) in [5.74, 6) is 0.614. The van der Waals surface area contributed by atoms with E-state index in [0.717, 1.165) is 11.4 Å². The molecule has 1 N–H and O–H groups in total. The van der Waals surface area contributed by atoms with Crippen molar-refractivity contribution in [2.24, 2.45) is 0 Å². The lowest BCUT2D eigenvalue weighted by molar-refractivity contribution is -0.114. The van der Waals surface area contributed by atoms with E-state index in [0.29, 0.717) is 119 Å². The first-order valence-electron chi connectivity index (χ1n) is 13.3. The zero-order valence-corrected chi connectivity index (χ0v) is 23.5. The maximum Gasteiger partial charge on any atom is 0.221 e. The van der Waals surface area contributed by atoms with Crippen LogP contribution in [0.4, 0.5) is 5.69 Å². The van der Waals surface area contributed by atoms with Crippen LogP contribution in [0.1, 0.15) is 6.92 Å². The standard InChI is InChI=1S/C27H47NO11/c1-25(29)28-26-3-5-27(6-4-26)39-24-23-38-22-21-37-20-19-36-18-17-35-16-15-34-14-13-33-12-11-32-10-9-31-8-7-30-2/h3-6H,7-24H2,1-2H3,(H,28,29). The van der Waals surface area contributed by atoms with Crippen molar-refractivity contribution in [3.05, 3.63) is 24.3 Å². The summed E-state index contributed by atoms with van der Waals surface area (Å²) in [6.45, 7) is 10.7. The number of hydrogen-bond donors (Lipinski definition) is 1. The second-order valence-corrected chi connectivity index (χ2v) is 7.95. The number of benzene rings is 1. The van der Waals surface area contributed by atoms with Gasteiger partial charge in [-0.05, 0) is 24.3 Å². The smallest absolute Gasteiger partial charge is 0.221 e. The van der Waals surface area contributed by atoms with Crippen molar-refractivity contribution >= 4 is 11.6 Å². The van der Waals surface area contributed by atoms with Gasteiger partial charge >= 0.3 is 0 Å². The van der Waals surface area contributed by atoms with Gasteiger partial charge in [0.1, 0.15) is 12.4 Å². The lowest BCUT2D eigenvalue weighted by atomic mass is 10.3. The van der Waals surface area contributed by atoms with Gasteiger partial charge in [0.2, 0.25) is 5.91 Å². The molecule has 0 fully saturated rings. The Labute approximate surface area is 232 Å². The maximum absolute atomic E-state index is 11.0. The van der Waals surface area contributed by atoms with Crippen LogP contribution >= 0.6 is 0 Å². The summed E-state index contributed by atoms with van der Waals surface area (Å²) >= 11 is 0. The summed E-state index contributed by atoms with van der Waals surface area (Å²) < 4.78 is 53.9. The van der Waals surface area contributed by atoms with Gasteiger partial charge in [-0.2, -0.15) is 0 Å². The molecule has 0 aromatic heterocycles. The van der Waals surface area contributed by atoms with E-state index < -0.39 is 0 Å². The van der Waals surface area contributed by atoms with E-state index >= 15 is 0 Å². The van der Waals surface area contributed by atoms with Gasteiger partial charge in [-0.3, -0.25) is 4.79 Å². The summed E-state index contributed by atoms with van der Waals surface area (Å²) in [5.41, 5.74) is 0.734. The Hall–Kier alpha value is -1.87. The molecule has 0 unspecified atom stereocenters. The Kier molecular flexibility index (Phi) is 25.0. The Morgan fingerprint density at radius 1 is 0.513 bits per heavy atom. The molecule has 0 spiro atoms. The number of carbonyl (C=O) groups excluding carboxylic acids is 1. The van der Waals surface area contributed by atoms with Crippen molar-refractivity contribution in [1.29, 1.82) is 0 Å². The number of hydrogen-bond acceptors (Lipinski definition) is 11. The van der Waals surface area contributed by atoms with Crippen LogP contribution in [-0.4, -0.2) is 132 Å². The number of rotatable bonds is 29. The molecule has 0 aliphatic rings. The molecule has 1 aromatic carbocycles. The molecule has 0 atom stereocenters. The highest BCUT2D eigenvalue weighted by Gasteiger charge is 1.98. The van der Waals surface area contributed by atoms with Crippen molar-refractivity contribution in [1.82, 2.24) is 0 Å². The van der Waals surface area contributed by atoms with Gasteiger partial charge in [0.05, 0.1) is 112 Å². The van der Waals surface area contributed by atoms with Crippen molar-refractivity contribution in [3.8, 4) is 5.75 Å². The first kappa shape index (κ1) is 35.2. The van der Waals surface area contributed by atoms with Crippen LogP contribution in [0.3, 0.4) is 0 Å². The average Bonchev–Trinajstić information content (AvgIpc) is 2.93. The Morgan fingerprint density at radius 2 is 0.821 bits per heavy atom. The maximum atomic E-state index is 11.0. The van der Waals surface area contributed by atoms with Crippen LogP contribution < -0.4 is 10.1 Å². The van der Waals surface area contributed by atoms with Crippen LogP contribution in [0, 0.1) is 0 Å². The fraction of sp³-hybridized carbons (Fsp3) is 0.741. The summed E-state index contributed by atoms with van der Waals surface area (Å²) in [4.78, 5) is 11.0. The van der Waals surface area contributed by atoms with E-state index in [4.69, 9.17) is 47.4 Å². The monoisotopic (exact) mass is 561 g/mol. The number of amides is 1. The van der Waals surface area contributed by atoms with E-state index in [-0.39, 0.29) is 5.91 Å². The lowest BCUT2D eigenvalue weighted by Gasteiger charge is -2.09. The minimum atomic E-state index is -0.106.